The van der Waals surface area contributed by atoms with Gasteiger partial charge in [-0.05, 0) is 18.2 Å². The van der Waals surface area contributed by atoms with Gasteiger partial charge in [0.1, 0.15) is 11.4 Å². The smallest absolute Gasteiger partial charge is 0.270 e. The summed E-state index contributed by atoms with van der Waals surface area (Å²) in [6.45, 7) is 0. The molecule has 4 heteroatoms. The number of rotatable bonds is 2. The zero-order chi connectivity index (χ0) is 13.2. The number of benzene rings is 2. The van der Waals surface area contributed by atoms with Crippen LogP contribution in [0, 0.1) is 0 Å². The van der Waals surface area contributed by atoms with Crippen LogP contribution in [0.15, 0.2) is 53.3 Å². The second kappa shape index (κ2) is 4.57. The molecule has 2 N–H and O–H groups in total. The number of fused-ring (bicyclic) bond motifs is 1. The van der Waals surface area contributed by atoms with Crippen molar-refractivity contribution in [1.29, 1.82) is 0 Å². The van der Waals surface area contributed by atoms with Crippen LogP contribution < -0.4 is 5.56 Å². The van der Waals surface area contributed by atoms with E-state index in [0.29, 0.717) is 23.2 Å². The number of nitrogens with one attached hydrogen (secondary N) is 1. The first-order chi connectivity index (χ1) is 9.24. The number of aromatic amines is 1. The lowest BCUT2D eigenvalue weighted by molar-refractivity contribution is 0.469. The Morgan fingerprint density at radius 1 is 1.05 bits per heavy atom. The number of para-hydroxylation sites is 3. The molecule has 1 heterocycles. The summed E-state index contributed by atoms with van der Waals surface area (Å²) in [5, 5.41) is 9.74. The maximum atomic E-state index is 11.9. The lowest BCUT2D eigenvalue weighted by Gasteiger charge is -2.04. The fraction of sp³-hybridized carbons (Fsp3) is 0.0667. The molecule has 4 nitrogen and oxygen atoms in total. The second-order valence-electron chi connectivity index (χ2n) is 4.34. The number of aromatic nitrogens is 2. The van der Waals surface area contributed by atoms with Crippen molar-refractivity contribution >= 4 is 11.0 Å². The van der Waals surface area contributed by atoms with Gasteiger partial charge in [0.15, 0.2) is 0 Å². The molecule has 0 atom stereocenters. The van der Waals surface area contributed by atoms with Gasteiger partial charge in [-0.25, -0.2) is 4.98 Å². The molecule has 0 fully saturated rings. The number of phenolic OH excluding ortho intramolecular Hbond substituents is 1. The number of phenols is 1. The quantitative estimate of drug-likeness (QED) is 0.735. The van der Waals surface area contributed by atoms with Crippen LogP contribution in [0.25, 0.3) is 11.0 Å². The lowest BCUT2D eigenvalue weighted by atomic mass is 10.1. The van der Waals surface area contributed by atoms with E-state index in [2.05, 4.69) is 9.97 Å². The maximum Gasteiger partial charge on any atom is 0.270 e. The molecule has 1 aromatic heterocycles. The highest BCUT2D eigenvalue weighted by molar-refractivity contribution is 5.73. The Morgan fingerprint density at radius 2 is 1.79 bits per heavy atom. The van der Waals surface area contributed by atoms with Crippen LogP contribution in [0.1, 0.15) is 11.3 Å². The number of hydrogen-bond donors (Lipinski definition) is 2. The Balaban J connectivity index is 2.08. The average molecular weight is 252 g/mol. The summed E-state index contributed by atoms with van der Waals surface area (Å²) in [7, 11) is 0. The van der Waals surface area contributed by atoms with Crippen molar-refractivity contribution in [2.24, 2.45) is 0 Å². The van der Waals surface area contributed by atoms with Crippen molar-refractivity contribution in [3.63, 3.8) is 0 Å². The maximum absolute atomic E-state index is 11.9. The summed E-state index contributed by atoms with van der Waals surface area (Å²) in [6.07, 6.45) is 0.312. The van der Waals surface area contributed by atoms with Crippen LogP contribution in [0.3, 0.4) is 0 Å². The minimum Gasteiger partial charge on any atom is -0.508 e. The summed E-state index contributed by atoms with van der Waals surface area (Å²) in [4.78, 5) is 19.1. The van der Waals surface area contributed by atoms with Crippen LogP contribution in [-0.2, 0) is 6.42 Å². The number of nitrogens with zero attached hydrogens (tertiary/aromatic N) is 1. The molecule has 2 aromatic carbocycles. The lowest BCUT2D eigenvalue weighted by Crippen LogP contribution is -2.15. The van der Waals surface area contributed by atoms with Gasteiger partial charge in [0.05, 0.1) is 11.0 Å². The van der Waals surface area contributed by atoms with E-state index >= 15 is 0 Å². The van der Waals surface area contributed by atoms with Crippen molar-refractivity contribution in [3.05, 3.63) is 70.1 Å². The zero-order valence-corrected chi connectivity index (χ0v) is 10.1. The van der Waals surface area contributed by atoms with E-state index < -0.39 is 0 Å². The normalized spacial score (nSPS) is 10.7. The highest BCUT2D eigenvalue weighted by Crippen LogP contribution is 2.18. The van der Waals surface area contributed by atoms with Crippen molar-refractivity contribution in [2.75, 3.05) is 0 Å². The van der Waals surface area contributed by atoms with Crippen LogP contribution in [-0.4, -0.2) is 15.1 Å². The van der Waals surface area contributed by atoms with Crippen LogP contribution in [0.5, 0.6) is 5.75 Å². The highest BCUT2D eigenvalue weighted by atomic mass is 16.3. The summed E-state index contributed by atoms with van der Waals surface area (Å²) in [6, 6.07) is 14.3. The monoisotopic (exact) mass is 252 g/mol. The Hall–Kier alpha value is -2.62. The Kier molecular flexibility index (Phi) is 2.76. The van der Waals surface area contributed by atoms with E-state index in [1.807, 2.05) is 30.3 Å². The van der Waals surface area contributed by atoms with Crippen LogP contribution in [0.2, 0.25) is 0 Å². The summed E-state index contributed by atoms with van der Waals surface area (Å²) in [5.41, 5.74) is 2.33. The molecule has 0 spiro atoms. The minimum absolute atomic E-state index is 0.178. The standard InChI is InChI=1S/C15H12N2O2/c18-14-8-4-1-5-10(14)9-13-15(19)17-12-7-3-2-6-11(12)16-13/h1-8,18H,9H2,(H,17,19). The van der Waals surface area contributed by atoms with Gasteiger partial charge in [-0.2, -0.15) is 0 Å². The van der Waals surface area contributed by atoms with Gasteiger partial charge in [-0.3, -0.25) is 4.79 Å². The minimum atomic E-state index is -0.220. The van der Waals surface area contributed by atoms with Gasteiger partial charge in [-0.15, -0.1) is 0 Å². The van der Waals surface area contributed by atoms with E-state index in [4.69, 9.17) is 0 Å². The first kappa shape index (κ1) is 11.5. The third-order valence-electron chi connectivity index (χ3n) is 3.02. The highest BCUT2D eigenvalue weighted by Gasteiger charge is 2.08. The van der Waals surface area contributed by atoms with Crippen LogP contribution >= 0.6 is 0 Å². The van der Waals surface area contributed by atoms with Crippen molar-refractivity contribution in [2.45, 2.75) is 6.42 Å². The van der Waals surface area contributed by atoms with E-state index in [-0.39, 0.29) is 11.3 Å². The van der Waals surface area contributed by atoms with Crippen LogP contribution in [0.4, 0.5) is 0 Å². The molecule has 0 aliphatic rings. The average Bonchev–Trinajstić information content (AvgIpc) is 2.42. The predicted molar refractivity (Wildman–Crippen MR) is 73.3 cm³/mol. The van der Waals surface area contributed by atoms with Gasteiger partial charge in [0.25, 0.3) is 5.56 Å². The van der Waals surface area contributed by atoms with Gasteiger partial charge in [0, 0.05) is 12.0 Å². The third kappa shape index (κ3) is 2.20. The molecular formula is C15H12N2O2. The molecule has 0 radical (unpaired) electrons. The number of aromatic hydroxyl groups is 1. The molecule has 0 bridgehead atoms. The Labute approximate surface area is 109 Å². The molecule has 3 aromatic rings. The molecule has 0 amide bonds. The molecule has 19 heavy (non-hydrogen) atoms. The molecule has 0 aliphatic carbocycles. The zero-order valence-electron chi connectivity index (χ0n) is 10.1. The molecule has 3 rings (SSSR count). The third-order valence-corrected chi connectivity index (χ3v) is 3.02. The fourth-order valence-corrected chi connectivity index (χ4v) is 2.03. The first-order valence-corrected chi connectivity index (χ1v) is 5.99. The molecule has 0 unspecified atom stereocenters. The van der Waals surface area contributed by atoms with Gasteiger partial charge < -0.3 is 10.1 Å². The summed E-state index contributed by atoms with van der Waals surface area (Å²) >= 11 is 0. The first-order valence-electron chi connectivity index (χ1n) is 5.99. The van der Waals surface area contributed by atoms with E-state index in [1.165, 1.54) is 0 Å². The van der Waals surface area contributed by atoms with E-state index in [1.54, 1.807) is 18.2 Å². The van der Waals surface area contributed by atoms with Crippen molar-refractivity contribution < 1.29 is 5.11 Å². The molecule has 0 saturated carbocycles. The van der Waals surface area contributed by atoms with Crippen molar-refractivity contribution in [1.82, 2.24) is 9.97 Å². The SMILES string of the molecule is O=c1[nH]c2ccccc2nc1Cc1ccccc1O. The largest absolute Gasteiger partial charge is 0.508 e. The van der Waals surface area contributed by atoms with Gasteiger partial charge in [-0.1, -0.05) is 30.3 Å². The van der Waals surface area contributed by atoms with Gasteiger partial charge in [0.2, 0.25) is 0 Å². The summed E-state index contributed by atoms with van der Waals surface area (Å²) < 4.78 is 0. The van der Waals surface area contributed by atoms with E-state index in [9.17, 15) is 9.90 Å². The van der Waals surface area contributed by atoms with Gasteiger partial charge >= 0.3 is 0 Å². The number of H-pyrrole nitrogens is 1. The second-order valence-corrected chi connectivity index (χ2v) is 4.34. The number of hydrogen-bond acceptors (Lipinski definition) is 3. The predicted octanol–water partition coefficient (Wildman–Crippen LogP) is 2.22. The molecule has 0 saturated heterocycles. The molecular weight excluding hydrogens is 240 g/mol. The Morgan fingerprint density at radius 3 is 2.63 bits per heavy atom. The Bertz CT molecular complexity index is 793. The van der Waals surface area contributed by atoms with E-state index in [0.717, 1.165) is 5.52 Å². The molecule has 0 aliphatic heterocycles. The van der Waals surface area contributed by atoms with Crippen molar-refractivity contribution in [3.8, 4) is 5.75 Å². The fourth-order valence-electron chi connectivity index (χ4n) is 2.03. The topological polar surface area (TPSA) is 66.0 Å². The summed E-state index contributed by atoms with van der Waals surface area (Å²) in [5.74, 6) is 0.178. The molecule has 94 valence electrons.